The molecule has 0 saturated carbocycles. The van der Waals surface area contributed by atoms with Crippen molar-refractivity contribution < 1.29 is 14.3 Å². The van der Waals surface area contributed by atoms with Gasteiger partial charge in [0.25, 0.3) is 5.56 Å². The van der Waals surface area contributed by atoms with Crippen molar-refractivity contribution >= 4 is 33.4 Å². The summed E-state index contributed by atoms with van der Waals surface area (Å²) in [4.78, 5) is 35.1. The van der Waals surface area contributed by atoms with Gasteiger partial charge in [0.15, 0.2) is 11.5 Å². The van der Waals surface area contributed by atoms with Crippen LogP contribution < -0.4 is 25.2 Å². The fraction of sp³-hybridized carbons (Fsp3) is 0.435. The molecule has 8 nitrogen and oxygen atoms in total. The Hall–Kier alpha value is -3.07. The summed E-state index contributed by atoms with van der Waals surface area (Å²) < 4.78 is 11.3. The molecule has 32 heavy (non-hydrogen) atoms. The molecule has 2 aromatic heterocycles. The summed E-state index contributed by atoms with van der Waals surface area (Å²) in [5.41, 5.74) is 2.24. The molecule has 0 spiro atoms. The molecule has 1 unspecified atom stereocenters. The van der Waals surface area contributed by atoms with E-state index in [0.29, 0.717) is 34.2 Å². The minimum absolute atomic E-state index is 0.0506. The van der Waals surface area contributed by atoms with Crippen LogP contribution in [0.15, 0.2) is 28.4 Å². The number of rotatable bonds is 6. The van der Waals surface area contributed by atoms with Crippen LogP contribution in [-0.4, -0.2) is 49.2 Å². The molecular weight excluding hydrogens is 428 g/mol. The quantitative estimate of drug-likeness (QED) is 0.590. The zero-order valence-electron chi connectivity index (χ0n) is 18.7. The third-order valence-corrected chi connectivity index (χ3v) is 6.60. The molecule has 1 fully saturated rings. The van der Waals surface area contributed by atoms with E-state index in [1.54, 1.807) is 14.2 Å². The summed E-state index contributed by atoms with van der Waals surface area (Å²) in [7, 11) is 3.19. The molecule has 2 N–H and O–H groups in total. The summed E-state index contributed by atoms with van der Waals surface area (Å²) in [5.74, 6) is 1.69. The van der Waals surface area contributed by atoms with E-state index in [1.165, 1.54) is 11.3 Å². The Bertz CT molecular complexity index is 1190. The number of benzene rings is 1. The number of hydrogen-bond acceptors (Lipinski definition) is 7. The highest BCUT2D eigenvalue weighted by molar-refractivity contribution is 7.17. The normalized spacial score (nSPS) is 16.4. The number of piperidine rings is 1. The number of aromatic amines is 1. The van der Waals surface area contributed by atoms with Crippen LogP contribution in [0.5, 0.6) is 11.5 Å². The number of nitrogens with zero attached hydrogens (tertiary/aromatic N) is 2. The molecule has 1 aromatic carbocycles. The van der Waals surface area contributed by atoms with Gasteiger partial charge in [0.05, 0.1) is 25.7 Å². The van der Waals surface area contributed by atoms with Crippen LogP contribution in [0, 0.1) is 5.92 Å². The van der Waals surface area contributed by atoms with Crippen molar-refractivity contribution in [1.29, 1.82) is 0 Å². The number of methoxy groups -OCH3 is 2. The van der Waals surface area contributed by atoms with Crippen molar-refractivity contribution in [3.63, 3.8) is 0 Å². The van der Waals surface area contributed by atoms with Gasteiger partial charge in [0, 0.05) is 30.1 Å². The van der Waals surface area contributed by atoms with Gasteiger partial charge < -0.3 is 19.7 Å². The van der Waals surface area contributed by atoms with Gasteiger partial charge in [-0.05, 0) is 44.4 Å². The average Bonchev–Trinajstić information content (AvgIpc) is 3.23. The van der Waals surface area contributed by atoms with Gasteiger partial charge in [0.2, 0.25) is 11.9 Å². The lowest BCUT2D eigenvalue weighted by Crippen LogP contribution is -2.45. The van der Waals surface area contributed by atoms with Gasteiger partial charge in [-0.1, -0.05) is 6.07 Å². The molecule has 1 amide bonds. The molecule has 1 aliphatic heterocycles. The number of hydrogen-bond donors (Lipinski definition) is 2. The van der Waals surface area contributed by atoms with Gasteiger partial charge in [-0.15, -0.1) is 11.3 Å². The fourth-order valence-electron chi connectivity index (χ4n) is 4.06. The van der Waals surface area contributed by atoms with E-state index in [-0.39, 0.29) is 23.4 Å². The molecule has 3 aromatic rings. The van der Waals surface area contributed by atoms with Gasteiger partial charge in [-0.2, -0.15) is 0 Å². The molecular formula is C23H28N4O4S. The van der Waals surface area contributed by atoms with E-state index in [1.807, 2.05) is 42.3 Å². The maximum atomic E-state index is 12.8. The molecule has 1 aliphatic rings. The zero-order valence-corrected chi connectivity index (χ0v) is 19.5. The zero-order chi connectivity index (χ0) is 22.8. The van der Waals surface area contributed by atoms with E-state index in [2.05, 4.69) is 10.3 Å². The Morgan fingerprint density at radius 3 is 2.78 bits per heavy atom. The number of H-pyrrole nitrogens is 1. The number of carbonyl (C=O) groups is 1. The van der Waals surface area contributed by atoms with Crippen LogP contribution in [0.3, 0.4) is 0 Å². The Kier molecular flexibility index (Phi) is 6.36. The Morgan fingerprint density at radius 1 is 1.28 bits per heavy atom. The first-order valence-corrected chi connectivity index (χ1v) is 11.6. The number of nitrogens with one attached hydrogen (secondary N) is 2. The summed E-state index contributed by atoms with van der Waals surface area (Å²) in [6.45, 7) is 5.19. The summed E-state index contributed by atoms with van der Waals surface area (Å²) in [6.07, 6.45) is 1.70. The Labute approximate surface area is 190 Å². The highest BCUT2D eigenvalue weighted by Gasteiger charge is 2.28. The number of ether oxygens (including phenoxy) is 2. The van der Waals surface area contributed by atoms with Gasteiger partial charge in [0.1, 0.15) is 4.70 Å². The lowest BCUT2D eigenvalue weighted by Gasteiger charge is -2.32. The van der Waals surface area contributed by atoms with Crippen LogP contribution in [0.2, 0.25) is 0 Å². The predicted octanol–water partition coefficient (Wildman–Crippen LogP) is 3.41. The topological polar surface area (TPSA) is 96.6 Å². The molecule has 9 heteroatoms. The lowest BCUT2D eigenvalue weighted by atomic mass is 9.97. The molecule has 4 rings (SSSR count). The summed E-state index contributed by atoms with van der Waals surface area (Å²) in [6, 6.07) is 5.75. The molecule has 0 radical (unpaired) electrons. The smallest absolute Gasteiger partial charge is 0.270 e. The molecule has 1 saturated heterocycles. The van der Waals surface area contributed by atoms with Crippen molar-refractivity contribution in [2.24, 2.45) is 5.92 Å². The SMILES string of the molecule is COc1ccc(-c2csc3c(=O)[nH]c(N4CCCC(C(=O)NC(C)C)C4)nc23)cc1OC. The Morgan fingerprint density at radius 2 is 2.06 bits per heavy atom. The molecule has 0 bridgehead atoms. The first-order chi connectivity index (χ1) is 15.4. The van der Waals surface area contributed by atoms with Gasteiger partial charge >= 0.3 is 0 Å². The van der Waals surface area contributed by atoms with Crippen LogP contribution in [0.4, 0.5) is 5.95 Å². The molecule has 3 heterocycles. The third kappa shape index (κ3) is 4.29. The predicted molar refractivity (Wildman–Crippen MR) is 127 cm³/mol. The standard InChI is InChI=1S/C23H28N4O4S/c1-13(2)24-21(28)15-6-5-9-27(11-15)23-25-19-16(12-32-20(19)22(29)26-23)14-7-8-17(30-3)18(10-14)31-4/h7-8,10,12-13,15H,5-6,9,11H2,1-4H3,(H,24,28)(H,25,26,29). The van der Waals surface area contributed by atoms with Crippen LogP contribution in [-0.2, 0) is 4.79 Å². The largest absolute Gasteiger partial charge is 0.493 e. The third-order valence-electron chi connectivity index (χ3n) is 5.63. The van der Waals surface area contributed by atoms with Crippen molar-refractivity contribution in [3.8, 4) is 22.6 Å². The van der Waals surface area contributed by atoms with E-state index >= 15 is 0 Å². The van der Waals surface area contributed by atoms with Crippen molar-refractivity contribution in [3.05, 3.63) is 33.9 Å². The Balaban J connectivity index is 1.69. The molecule has 170 valence electrons. The average molecular weight is 457 g/mol. The van der Waals surface area contributed by atoms with E-state index in [9.17, 15) is 9.59 Å². The lowest BCUT2D eigenvalue weighted by molar-refractivity contribution is -0.125. The first kappa shape index (κ1) is 22.1. The number of aromatic nitrogens is 2. The van der Waals surface area contributed by atoms with Gasteiger partial charge in [-0.25, -0.2) is 4.98 Å². The van der Waals surface area contributed by atoms with Crippen LogP contribution in [0.1, 0.15) is 26.7 Å². The molecule has 0 aliphatic carbocycles. The monoisotopic (exact) mass is 456 g/mol. The van der Waals surface area contributed by atoms with Crippen molar-refractivity contribution in [2.75, 3.05) is 32.2 Å². The second-order valence-corrected chi connectivity index (χ2v) is 9.11. The first-order valence-electron chi connectivity index (χ1n) is 10.7. The number of amides is 1. The van der Waals surface area contributed by atoms with Crippen molar-refractivity contribution in [2.45, 2.75) is 32.7 Å². The number of thiophene rings is 1. The van der Waals surface area contributed by atoms with Crippen LogP contribution in [0.25, 0.3) is 21.3 Å². The highest BCUT2D eigenvalue weighted by atomic mass is 32.1. The fourth-order valence-corrected chi connectivity index (χ4v) is 4.97. The summed E-state index contributed by atoms with van der Waals surface area (Å²) in [5, 5.41) is 4.93. The van der Waals surface area contributed by atoms with E-state index in [0.717, 1.165) is 30.5 Å². The maximum absolute atomic E-state index is 12.8. The van der Waals surface area contributed by atoms with E-state index < -0.39 is 0 Å². The second-order valence-electron chi connectivity index (χ2n) is 8.23. The summed E-state index contributed by atoms with van der Waals surface area (Å²) >= 11 is 1.37. The minimum Gasteiger partial charge on any atom is -0.493 e. The number of fused-ring (bicyclic) bond motifs is 1. The van der Waals surface area contributed by atoms with Crippen molar-refractivity contribution in [1.82, 2.24) is 15.3 Å². The van der Waals surface area contributed by atoms with Crippen LogP contribution >= 0.6 is 11.3 Å². The van der Waals surface area contributed by atoms with Gasteiger partial charge in [-0.3, -0.25) is 14.6 Å². The minimum atomic E-state index is -0.171. The number of carbonyl (C=O) groups excluding carboxylic acids is 1. The second kappa shape index (κ2) is 9.20. The molecule has 1 atom stereocenters. The van der Waals surface area contributed by atoms with E-state index in [4.69, 9.17) is 14.5 Å². The number of anilines is 1. The maximum Gasteiger partial charge on any atom is 0.270 e. The highest BCUT2D eigenvalue weighted by Crippen LogP contribution is 2.37.